The van der Waals surface area contributed by atoms with Gasteiger partial charge in [-0.1, -0.05) is 30.3 Å². The molecule has 0 amide bonds. The van der Waals surface area contributed by atoms with Crippen molar-refractivity contribution in [2.75, 3.05) is 38.2 Å². The highest BCUT2D eigenvalue weighted by molar-refractivity contribution is 6.09. The number of carbonyl (C=O) groups is 1. The molecule has 5 nitrogen and oxygen atoms in total. The molecule has 0 unspecified atom stereocenters. The molecule has 1 fully saturated rings. The third kappa shape index (κ3) is 4.35. The van der Waals surface area contributed by atoms with Gasteiger partial charge < -0.3 is 14.2 Å². The summed E-state index contributed by atoms with van der Waals surface area (Å²) in [5, 5.41) is 0. The van der Waals surface area contributed by atoms with E-state index in [4.69, 9.17) is 4.74 Å². The van der Waals surface area contributed by atoms with E-state index in [-0.39, 0.29) is 5.78 Å². The maximum Gasteiger partial charge on any atom is 0.194 e. The lowest BCUT2D eigenvalue weighted by Crippen LogP contribution is -2.46. The summed E-state index contributed by atoms with van der Waals surface area (Å²) in [5.41, 5.74) is 3.89. The van der Waals surface area contributed by atoms with E-state index >= 15 is 0 Å². The van der Waals surface area contributed by atoms with Gasteiger partial charge in [-0.15, -0.1) is 0 Å². The minimum Gasteiger partial charge on any atom is -0.497 e. The average Bonchev–Trinajstić information content (AvgIpc) is 3.14. The number of hydrogen-bond acceptors (Lipinski definition) is 4. The molecule has 0 saturated carbocycles. The van der Waals surface area contributed by atoms with Gasteiger partial charge in [-0.05, 0) is 30.3 Å². The minimum atomic E-state index is 0.0803. The van der Waals surface area contributed by atoms with E-state index in [0.717, 1.165) is 49.6 Å². The number of nitrogens with zero attached hydrogens (tertiary/aromatic N) is 3. The second-order valence-corrected chi connectivity index (χ2v) is 7.49. The van der Waals surface area contributed by atoms with Crippen LogP contribution in [0.4, 0.5) is 5.69 Å². The Bertz CT molecular complexity index is 956. The summed E-state index contributed by atoms with van der Waals surface area (Å²) in [6, 6.07) is 19.8. The maximum absolute atomic E-state index is 12.7. The lowest BCUT2D eigenvalue weighted by Gasteiger charge is -2.36. The van der Waals surface area contributed by atoms with Crippen LogP contribution in [-0.2, 0) is 13.6 Å². The molecule has 150 valence electrons. The minimum absolute atomic E-state index is 0.0803. The molecular formula is C24H27N3O2. The van der Waals surface area contributed by atoms with Crippen LogP contribution in [0.25, 0.3) is 0 Å². The molecule has 0 bridgehead atoms. The number of ketones is 1. The van der Waals surface area contributed by atoms with Crippen LogP contribution in [0, 0.1) is 0 Å². The molecule has 2 heterocycles. The molecule has 0 atom stereocenters. The molecule has 2 aromatic carbocycles. The van der Waals surface area contributed by atoms with Gasteiger partial charge in [0.05, 0.1) is 7.11 Å². The number of anilines is 1. The van der Waals surface area contributed by atoms with Gasteiger partial charge in [0.25, 0.3) is 0 Å². The molecule has 5 heteroatoms. The molecule has 1 aliphatic rings. The summed E-state index contributed by atoms with van der Waals surface area (Å²) in [6.45, 7) is 4.84. The highest BCUT2D eigenvalue weighted by Crippen LogP contribution is 2.21. The zero-order valence-electron chi connectivity index (χ0n) is 17.0. The molecule has 4 rings (SSSR count). The van der Waals surface area contributed by atoms with E-state index in [1.165, 1.54) is 11.4 Å². The summed E-state index contributed by atoms with van der Waals surface area (Å²) in [4.78, 5) is 17.6. The first-order valence-corrected chi connectivity index (χ1v) is 10.0. The van der Waals surface area contributed by atoms with Crippen LogP contribution in [0.15, 0.2) is 66.9 Å². The standard InChI is InChI=1S/C24H27N3O2/c1-25-17-20(24(28)19-6-4-3-5-7-19)16-22(25)18-26-12-14-27(15-13-26)21-8-10-23(29-2)11-9-21/h3-11,16-17H,12-15,18H2,1-2H3. The number of methoxy groups -OCH3 is 1. The zero-order chi connectivity index (χ0) is 20.2. The third-order valence-corrected chi connectivity index (χ3v) is 5.60. The van der Waals surface area contributed by atoms with Gasteiger partial charge in [0, 0.05) is 68.5 Å². The van der Waals surface area contributed by atoms with Crippen LogP contribution in [0.2, 0.25) is 0 Å². The van der Waals surface area contributed by atoms with Crippen LogP contribution in [0.5, 0.6) is 5.75 Å². The van der Waals surface area contributed by atoms with Gasteiger partial charge in [0.15, 0.2) is 5.78 Å². The molecule has 0 spiro atoms. The van der Waals surface area contributed by atoms with E-state index in [1.807, 2.05) is 61.8 Å². The fourth-order valence-electron chi connectivity index (χ4n) is 3.83. The van der Waals surface area contributed by atoms with Gasteiger partial charge in [0.2, 0.25) is 0 Å². The SMILES string of the molecule is COc1ccc(N2CCN(Cc3cc(C(=O)c4ccccc4)cn3C)CC2)cc1. The smallest absolute Gasteiger partial charge is 0.194 e. The second kappa shape index (κ2) is 8.53. The van der Waals surface area contributed by atoms with E-state index in [9.17, 15) is 4.79 Å². The fraction of sp³-hybridized carbons (Fsp3) is 0.292. The predicted octanol–water partition coefficient (Wildman–Crippen LogP) is 3.59. The number of aryl methyl sites for hydroxylation is 1. The molecule has 0 radical (unpaired) electrons. The molecule has 3 aromatic rings. The van der Waals surface area contributed by atoms with E-state index < -0.39 is 0 Å². The Morgan fingerprint density at radius 3 is 2.28 bits per heavy atom. The van der Waals surface area contributed by atoms with Gasteiger partial charge in [0.1, 0.15) is 5.75 Å². The van der Waals surface area contributed by atoms with Crippen LogP contribution >= 0.6 is 0 Å². The van der Waals surface area contributed by atoms with Crippen molar-refractivity contribution >= 4 is 11.5 Å². The summed E-state index contributed by atoms with van der Waals surface area (Å²) < 4.78 is 7.32. The number of aromatic nitrogens is 1. The Balaban J connectivity index is 1.37. The van der Waals surface area contributed by atoms with Crippen molar-refractivity contribution in [3.8, 4) is 5.75 Å². The van der Waals surface area contributed by atoms with Crippen LogP contribution in [0.3, 0.4) is 0 Å². The number of carbonyl (C=O) groups excluding carboxylic acids is 1. The lowest BCUT2D eigenvalue weighted by atomic mass is 10.1. The summed E-state index contributed by atoms with van der Waals surface area (Å²) in [7, 11) is 3.71. The first-order chi connectivity index (χ1) is 14.1. The topological polar surface area (TPSA) is 37.7 Å². The average molecular weight is 389 g/mol. The van der Waals surface area contributed by atoms with Gasteiger partial charge in [-0.25, -0.2) is 0 Å². The maximum atomic E-state index is 12.7. The molecule has 0 aliphatic carbocycles. The molecule has 29 heavy (non-hydrogen) atoms. The summed E-state index contributed by atoms with van der Waals surface area (Å²) >= 11 is 0. The van der Waals surface area contributed by atoms with Crippen molar-refractivity contribution in [2.24, 2.45) is 7.05 Å². The Morgan fingerprint density at radius 1 is 0.931 bits per heavy atom. The van der Waals surface area contributed by atoms with Gasteiger partial charge in [-0.3, -0.25) is 9.69 Å². The van der Waals surface area contributed by atoms with Crippen molar-refractivity contribution in [3.05, 3.63) is 83.7 Å². The fourth-order valence-corrected chi connectivity index (χ4v) is 3.83. The van der Waals surface area contributed by atoms with E-state index in [0.29, 0.717) is 0 Å². The molecule has 1 aromatic heterocycles. The number of hydrogen-bond donors (Lipinski definition) is 0. The van der Waals surface area contributed by atoms with Crippen LogP contribution < -0.4 is 9.64 Å². The van der Waals surface area contributed by atoms with Crippen LogP contribution in [0.1, 0.15) is 21.6 Å². The number of rotatable bonds is 6. The lowest BCUT2D eigenvalue weighted by molar-refractivity contribution is 0.103. The number of piperazine rings is 1. The molecule has 0 N–H and O–H groups in total. The quantitative estimate of drug-likeness (QED) is 0.604. The zero-order valence-corrected chi connectivity index (χ0v) is 17.0. The van der Waals surface area contributed by atoms with Crippen molar-refractivity contribution in [3.63, 3.8) is 0 Å². The monoisotopic (exact) mass is 389 g/mol. The van der Waals surface area contributed by atoms with Gasteiger partial charge >= 0.3 is 0 Å². The Labute approximate surface area is 172 Å². The number of benzene rings is 2. The first-order valence-electron chi connectivity index (χ1n) is 10.0. The Hall–Kier alpha value is -3.05. The molecule has 1 aliphatic heterocycles. The summed E-state index contributed by atoms with van der Waals surface area (Å²) in [6.07, 6.45) is 1.94. The van der Waals surface area contributed by atoms with Crippen molar-refractivity contribution in [2.45, 2.75) is 6.54 Å². The highest BCUT2D eigenvalue weighted by Gasteiger charge is 2.19. The second-order valence-electron chi connectivity index (χ2n) is 7.49. The highest BCUT2D eigenvalue weighted by atomic mass is 16.5. The summed E-state index contributed by atoms with van der Waals surface area (Å²) in [5.74, 6) is 0.966. The first kappa shape index (κ1) is 19.3. The largest absolute Gasteiger partial charge is 0.497 e. The van der Waals surface area contributed by atoms with Crippen LogP contribution in [-0.4, -0.2) is 48.5 Å². The third-order valence-electron chi connectivity index (χ3n) is 5.60. The van der Waals surface area contributed by atoms with E-state index in [2.05, 4.69) is 26.5 Å². The van der Waals surface area contributed by atoms with Crippen molar-refractivity contribution in [1.29, 1.82) is 0 Å². The predicted molar refractivity (Wildman–Crippen MR) is 116 cm³/mol. The normalized spacial score (nSPS) is 14.8. The van der Waals surface area contributed by atoms with Crippen molar-refractivity contribution in [1.82, 2.24) is 9.47 Å². The van der Waals surface area contributed by atoms with Crippen molar-refractivity contribution < 1.29 is 9.53 Å². The van der Waals surface area contributed by atoms with Gasteiger partial charge in [-0.2, -0.15) is 0 Å². The molecular weight excluding hydrogens is 362 g/mol. The Kier molecular flexibility index (Phi) is 5.67. The Morgan fingerprint density at radius 2 is 1.62 bits per heavy atom. The number of ether oxygens (including phenoxy) is 1. The molecule has 1 saturated heterocycles. The van der Waals surface area contributed by atoms with E-state index in [1.54, 1.807) is 7.11 Å².